The molecule has 1 atom stereocenters. The molecule has 0 spiro atoms. The minimum absolute atomic E-state index is 0.106. The van der Waals surface area contributed by atoms with Gasteiger partial charge in [-0.3, -0.25) is 18.8 Å². The van der Waals surface area contributed by atoms with Gasteiger partial charge in [0.1, 0.15) is 0 Å². The zero-order valence-corrected chi connectivity index (χ0v) is 18.1. The van der Waals surface area contributed by atoms with Gasteiger partial charge in [0.2, 0.25) is 0 Å². The van der Waals surface area contributed by atoms with Gasteiger partial charge in [0.25, 0.3) is 11.8 Å². The highest BCUT2D eigenvalue weighted by Gasteiger charge is 2.12. The van der Waals surface area contributed by atoms with E-state index in [1.165, 1.54) is 24.7 Å². The molecule has 0 saturated heterocycles. The number of aromatic nitrogens is 1. The fraction of sp³-hybridized carbons (Fsp3) is 0.174. The molecule has 2 aromatic heterocycles. The van der Waals surface area contributed by atoms with Crippen molar-refractivity contribution in [2.75, 3.05) is 17.7 Å². The van der Waals surface area contributed by atoms with E-state index in [0.717, 1.165) is 5.56 Å². The van der Waals surface area contributed by atoms with Crippen molar-refractivity contribution in [1.29, 1.82) is 0 Å². The molecule has 0 saturated carbocycles. The molecule has 32 heavy (non-hydrogen) atoms. The second kappa shape index (κ2) is 11.0. The van der Waals surface area contributed by atoms with E-state index < -0.39 is 16.5 Å². The third kappa shape index (κ3) is 6.38. The summed E-state index contributed by atoms with van der Waals surface area (Å²) in [6.45, 7) is 1.68. The molecular weight excluding hydrogens is 430 g/mol. The number of hydrogen-bond acceptors (Lipinski definition) is 6. The molecule has 0 radical (unpaired) electrons. The number of furan rings is 1. The van der Waals surface area contributed by atoms with E-state index >= 15 is 0 Å². The number of thiol groups is 1. The zero-order valence-electron chi connectivity index (χ0n) is 17.2. The normalized spacial score (nSPS) is 11.4. The van der Waals surface area contributed by atoms with Crippen LogP contribution in [-0.2, 0) is 10.6 Å². The zero-order chi connectivity index (χ0) is 22.9. The highest BCUT2D eigenvalue weighted by Crippen LogP contribution is 2.15. The Bertz CT molecular complexity index is 1280. The van der Waals surface area contributed by atoms with Gasteiger partial charge < -0.3 is 14.8 Å². The second-order valence-corrected chi connectivity index (χ2v) is 8.09. The maximum atomic E-state index is 12.3. The first-order valence-electron chi connectivity index (χ1n) is 9.70. The lowest BCUT2D eigenvalue weighted by molar-refractivity contribution is 0.0991. The number of aliphatic hydroxyl groups is 1. The topological polar surface area (TPSA) is 122 Å². The van der Waals surface area contributed by atoms with Gasteiger partial charge in [-0.15, -0.1) is 0 Å². The van der Waals surface area contributed by atoms with Crippen LogP contribution in [0.1, 0.15) is 44.0 Å². The number of nitrogens with zero attached hydrogens (tertiary/aromatic N) is 2. The van der Waals surface area contributed by atoms with E-state index in [1.54, 1.807) is 37.3 Å². The summed E-state index contributed by atoms with van der Waals surface area (Å²) >= 11 is 0. The lowest BCUT2D eigenvalue weighted by Gasteiger charge is -2.04. The first kappa shape index (κ1) is 22.9. The molecule has 0 bridgehead atoms. The Balaban J connectivity index is 1.73. The molecule has 164 valence electrons. The van der Waals surface area contributed by atoms with E-state index in [-0.39, 0.29) is 29.6 Å². The highest BCUT2D eigenvalue weighted by atomic mass is 32.2. The molecule has 1 aromatic carbocycles. The number of hydrogen-bond donors (Lipinski definition) is 3. The van der Waals surface area contributed by atoms with Crippen LogP contribution in [0.2, 0.25) is 0 Å². The molecule has 0 unspecified atom stereocenters. The van der Waals surface area contributed by atoms with Crippen LogP contribution in [0.15, 0.2) is 63.8 Å². The van der Waals surface area contributed by atoms with E-state index in [1.807, 2.05) is 0 Å². The average Bonchev–Trinajstić information content (AvgIpc) is 3.22. The Morgan fingerprint density at radius 3 is 2.75 bits per heavy atom. The number of aliphatic hydroxyl groups excluding tert-OH is 1. The summed E-state index contributed by atoms with van der Waals surface area (Å²) in [6.07, 6.45) is 4.61. The third-order valence-electron chi connectivity index (χ3n) is 4.24. The molecule has 3 rings (SSSR count). The fourth-order valence-electron chi connectivity index (χ4n) is 2.65. The Kier molecular flexibility index (Phi) is 7.91. The maximum Gasteiger partial charge on any atom is 0.291 e. The van der Waals surface area contributed by atoms with Crippen molar-refractivity contribution >= 4 is 28.1 Å². The number of carbonyl (C=O) groups excluding carboxylic acids is 2. The summed E-state index contributed by atoms with van der Waals surface area (Å²) in [6, 6.07) is 10.2. The number of benzene rings is 1. The fourth-order valence-corrected chi connectivity index (χ4v) is 3.48. The Morgan fingerprint density at radius 1 is 1.19 bits per heavy atom. The van der Waals surface area contributed by atoms with Gasteiger partial charge in [-0.2, -0.15) is 4.36 Å². The number of pyridine rings is 1. The molecule has 0 aliphatic carbocycles. The highest BCUT2D eigenvalue weighted by molar-refractivity contribution is 7.75. The number of anilines is 1. The van der Waals surface area contributed by atoms with Crippen LogP contribution in [-0.4, -0.2) is 38.5 Å². The molecule has 3 aromatic rings. The molecule has 0 aliphatic heterocycles. The predicted molar refractivity (Wildman–Crippen MR) is 121 cm³/mol. The average molecular weight is 452 g/mol. The van der Waals surface area contributed by atoms with Gasteiger partial charge >= 0.3 is 0 Å². The number of nitrogens with one attached hydrogen (secondary N) is 1. The second-order valence-electron chi connectivity index (χ2n) is 6.74. The van der Waals surface area contributed by atoms with Crippen LogP contribution in [0.3, 0.4) is 0 Å². The largest absolute Gasteiger partial charge is 0.459 e. The van der Waals surface area contributed by atoms with Gasteiger partial charge in [-0.05, 0) is 43.7 Å². The number of carbonyl (C=O) groups is 2. The van der Waals surface area contributed by atoms with Crippen LogP contribution >= 0.6 is 0 Å². The smallest absolute Gasteiger partial charge is 0.291 e. The van der Waals surface area contributed by atoms with E-state index in [4.69, 9.17) is 9.52 Å². The van der Waals surface area contributed by atoms with Crippen molar-refractivity contribution in [1.82, 2.24) is 4.98 Å². The standard InChI is InChI=1S/C23H21N3O5S/c1-16-8-10-31-21(16)23(29)25-20-5-2-4-17(13-20)6-7-18-12-19(15-24-14-18)22(28)26-32(30)11-3-9-27/h2,4-5,8,10,12-15,27,32H,3,9,11H2,1H3,(H,25,29). The molecule has 9 heteroatoms. The molecule has 2 amide bonds. The molecule has 8 nitrogen and oxygen atoms in total. The lowest BCUT2D eigenvalue weighted by atomic mass is 10.1. The van der Waals surface area contributed by atoms with Gasteiger partial charge in [-0.25, -0.2) is 0 Å². The molecule has 0 fully saturated rings. The van der Waals surface area contributed by atoms with Gasteiger partial charge in [0.15, 0.2) is 5.76 Å². The first-order chi connectivity index (χ1) is 15.5. The summed E-state index contributed by atoms with van der Waals surface area (Å²) in [7, 11) is -2.07. The van der Waals surface area contributed by atoms with Gasteiger partial charge in [0, 0.05) is 57.7 Å². The molecule has 0 aliphatic rings. The number of rotatable bonds is 6. The van der Waals surface area contributed by atoms with E-state index in [9.17, 15) is 13.8 Å². The first-order valence-corrected chi connectivity index (χ1v) is 11.1. The van der Waals surface area contributed by atoms with Crippen LogP contribution < -0.4 is 5.32 Å². The Hall–Kier alpha value is -3.74. The van der Waals surface area contributed by atoms with Crippen LogP contribution in [0.25, 0.3) is 0 Å². The summed E-state index contributed by atoms with van der Waals surface area (Å²) in [5.74, 6) is 5.29. The molecule has 2 heterocycles. The Labute approximate surface area is 186 Å². The minimum Gasteiger partial charge on any atom is -0.459 e. The quantitative estimate of drug-likeness (QED) is 0.391. The minimum atomic E-state index is -2.07. The number of amides is 2. The number of aryl methyl sites for hydroxylation is 1. The van der Waals surface area contributed by atoms with Crippen molar-refractivity contribution in [3.63, 3.8) is 0 Å². The molecule has 2 N–H and O–H groups in total. The molecular formula is C23H21N3O5S. The summed E-state index contributed by atoms with van der Waals surface area (Å²) in [4.78, 5) is 28.5. The van der Waals surface area contributed by atoms with Crippen LogP contribution in [0.4, 0.5) is 5.69 Å². The van der Waals surface area contributed by atoms with Crippen molar-refractivity contribution in [3.8, 4) is 11.8 Å². The van der Waals surface area contributed by atoms with Crippen molar-refractivity contribution in [2.24, 2.45) is 4.36 Å². The van der Waals surface area contributed by atoms with Crippen molar-refractivity contribution < 1.29 is 23.3 Å². The van der Waals surface area contributed by atoms with Crippen LogP contribution in [0.5, 0.6) is 0 Å². The van der Waals surface area contributed by atoms with Gasteiger partial charge in [-0.1, -0.05) is 17.9 Å². The maximum absolute atomic E-state index is 12.3. The summed E-state index contributed by atoms with van der Waals surface area (Å²) < 4.78 is 20.6. The van der Waals surface area contributed by atoms with Crippen molar-refractivity contribution in [3.05, 3.63) is 83.1 Å². The summed E-state index contributed by atoms with van der Waals surface area (Å²) in [5.41, 5.74) is 2.61. The van der Waals surface area contributed by atoms with Gasteiger partial charge in [0.05, 0.1) is 11.8 Å². The third-order valence-corrected chi connectivity index (χ3v) is 5.34. The monoisotopic (exact) mass is 451 g/mol. The van der Waals surface area contributed by atoms with Crippen molar-refractivity contribution in [2.45, 2.75) is 13.3 Å². The summed E-state index contributed by atoms with van der Waals surface area (Å²) in [5, 5.41) is 11.5. The predicted octanol–water partition coefficient (Wildman–Crippen LogP) is 2.82. The van der Waals surface area contributed by atoms with E-state index in [2.05, 4.69) is 26.5 Å². The van der Waals surface area contributed by atoms with Crippen LogP contribution in [0, 0.1) is 18.8 Å². The Morgan fingerprint density at radius 2 is 2.00 bits per heavy atom. The lowest BCUT2D eigenvalue weighted by Crippen LogP contribution is -2.12. The SMILES string of the molecule is Cc1ccoc1C(=O)Nc1cccc(C#Cc2cncc(C(=O)/N=[S@H](=O)/CCCO)c2)c1. The van der Waals surface area contributed by atoms with E-state index in [0.29, 0.717) is 23.2 Å².